The number of aromatic nitrogens is 2. The van der Waals surface area contributed by atoms with Gasteiger partial charge in [-0.05, 0) is 23.3 Å². The van der Waals surface area contributed by atoms with E-state index in [4.69, 9.17) is 4.74 Å². The highest BCUT2D eigenvalue weighted by atomic mass is 32.2. The minimum atomic E-state index is -3.89. The Morgan fingerprint density at radius 2 is 1.79 bits per heavy atom. The van der Waals surface area contributed by atoms with Crippen LogP contribution < -0.4 is 10.0 Å². The van der Waals surface area contributed by atoms with Crippen LogP contribution in [0.15, 0.2) is 84.3 Å². The van der Waals surface area contributed by atoms with Gasteiger partial charge in [-0.25, -0.2) is 18.1 Å². The van der Waals surface area contributed by atoms with Crippen LogP contribution in [0, 0.1) is 0 Å². The molecule has 3 atom stereocenters. The molecule has 3 aromatic rings. The van der Waals surface area contributed by atoms with Crippen LogP contribution in [0.1, 0.15) is 6.42 Å². The number of anilines is 1. The van der Waals surface area contributed by atoms with Crippen molar-refractivity contribution in [2.24, 2.45) is 7.05 Å². The molecule has 1 amide bonds. The summed E-state index contributed by atoms with van der Waals surface area (Å²) < 4.78 is 34.8. The minimum Gasteiger partial charge on any atom is -0.394 e. The van der Waals surface area contributed by atoms with E-state index >= 15 is 0 Å². The molecule has 0 bridgehead atoms. The van der Waals surface area contributed by atoms with Crippen molar-refractivity contribution in [3.63, 3.8) is 0 Å². The fraction of sp³-hybridized carbons (Fsp3) is 0.250. The summed E-state index contributed by atoms with van der Waals surface area (Å²) in [6.07, 6.45) is 4.56. The van der Waals surface area contributed by atoms with Crippen molar-refractivity contribution in [3.05, 3.63) is 79.3 Å². The van der Waals surface area contributed by atoms with Crippen molar-refractivity contribution in [1.29, 1.82) is 0 Å². The number of carbonyl (C=O) groups is 1. The van der Waals surface area contributed by atoms with Gasteiger partial charge in [0.1, 0.15) is 6.10 Å². The molecule has 0 radical (unpaired) electrons. The van der Waals surface area contributed by atoms with Crippen molar-refractivity contribution < 1.29 is 23.1 Å². The van der Waals surface area contributed by atoms with Crippen LogP contribution >= 0.6 is 0 Å². The van der Waals surface area contributed by atoms with Gasteiger partial charge in [-0.1, -0.05) is 54.6 Å². The molecule has 0 unspecified atom stereocenters. The van der Waals surface area contributed by atoms with E-state index in [9.17, 15) is 18.3 Å². The van der Waals surface area contributed by atoms with E-state index in [0.717, 1.165) is 11.1 Å². The van der Waals surface area contributed by atoms with Gasteiger partial charge < -0.3 is 19.7 Å². The lowest BCUT2D eigenvalue weighted by Crippen LogP contribution is -2.48. The maximum atomic E-state index is 12.5. The van der Waals surface area contributed by atoms with Gasteiger partial charge in [0.2, 0.25) is 5.91 Å². The van der Waals surface area contributed by atoms with Crippen molar-refractivity contribution in [1.82, 2.24) is 14.3 Å². The number of amides is 1. The van der Waals surface area contributed by atoms with Gasteiger partial charge >= 0.3 is 0 Å². The van der Waals surface area contributed by atoms with Gasteiger partial charge in [0.05, 0.1) is 31.5 Å². The standard InChI is InChI=1S/C24H26N4O5S/c1-28-14-24(25-16-28)34(31,32)27-21-12-11-20(33-22(21)15-29)13-23(30)26-19-9-7-18(8-10-19)17-5-3-2-4-6-17/h2-12,14,16,20-22,27,29H,13,15H2,1H3,(H,26,30)/t20-,21+,22+/m0/s1. The third kappa shape index (κ3) is 5.78. The summed E-state index contributed by atoms with van der Waals surface area (Å²) in [5.41, 5.74) is 2.79. The van der Waals surface area contributed by atoms with E-state index in [1.54, 1.807) is 19.2 Å². The van der Waals surface area contributed by atoms with Crippen LogP contribution in [0.4, 0.5) is 5.69 Å². The average molecular weight is 483 g/mol. The topological polar surface area (TPSA) is 123 Å². The molecule has 34 heavy (non-hydrogen) atoms. The first-order chi connectivity index (χ1) is 16.3. The van der Waals surface area contributed by atoms with Crippen LogP contribution in [-0.4, -0.2) is 53.8 Å². The summed E-state index contributed by atoms with van der Waals surface area (Å²) in [7, 11) is -2.22. The van der Waals surface area contributed by atoms with Crippen molar-refractivity contribution in [2.75, 3.05) is 11.9 Å². The van der Waals surface area contributed by atoms with Gasteiger partial charge in [0.25, 0.3) is 10.0 Å². The van der Waals surface area contributed by atoms with E-state index in [2.05, 4.69) is 15.0 Å². The Balaban J connectivity index is 1.35. The van der Waals surface area contributed by atoms with Crippen molar-refractivity contribution in [3.8, 4) is 11.1 Å². The highest BCUT2D eigenvalue weighted by Crippen LogP contribution is 2.22. The van der Waals surface area contributed by atoms with Gasteiger partial charge in [0, 0.05) is 18.9 Å². The summed E-state index contributed by atoms with van der Waals surface area (Å²) in [4.78, 5) is 16.4. The predicted octanol–water partition coefficient (Wildman–Crippen LogP) is 2.08. The summed E-state index contributed by atoms with van der Waals surface area (Å²) in [5.74, 6) is -0.258. The fourth-order valence-corrected chi connectivity index (χ4v) is 4.85. The quantitative estimate of drug-likeness (QED) is 0.423. The number of aryl methyl sites for hydroxylation is 1. The number of nitrogens with one attached hydrogen (secondary N) is 2. The molecule has 0 aliphatic carbocycles. The van der Waals surface area contributed by atoms with Gasteiger partial charge in [0.15, 0.2) is 5.03 Å². The van der Waals surface area contributed by atoms with Crippen molar-refractivity contribution in [2.45, 2.75) is 29.7 Å². The molecule has 4 rings (SSSR count). The molecule has 1 aliphatic heterocycles. The highest BCUT2D eigenvalue weighted by Gasteiger charge is 2.32. The predicted molar refractivity (Wildman–Crippen MR) is 127 cm³/mol. The first-order valence-electron chi connectivity index (χ1n) is 10.7. The number of carbonyl (C=O) groups excluding carboxylic acids is 1. The zero-order valence-corrected chi connectivity index (χ0v) is 19.4. The number of rotatable bonds is 8. The van der Waals surface area contributed by atoms with E-state index in [1.807, 2.05) is 54.6 Å². The second kappa shape index (κ2) is 10.3. The summed E-state index contributed by atoms with van der Waals surface area (Å²) in [6, 6.07) is 16.7. The zero-order valence-electron chi connectivity index (χ0n) is 18.5. The number of aliphatic hydroxyl groups excluding tert-OH is 1. The molecule has 3 N–H and O–H groups in total. The molecule has 0 saturated carbocycles. The maximum absolute atomic E-state index is 12.5. The molecule has 2 heterocycles. The van der Waals surface area contributed by atoms with Crippen LogP contribution in [0.5, 0.6) is 0 Å². The number of aliphatic hydroxyl groups is 1. The summed E-state index contributed by atoms with van der Waals surface area (Å²) >= 11 is 0. The first kappa shape index (κ1) is 23.8. The SMILES string of the molecule is Cn1cnc(S(=O)(=O)N[C@@H]2C=C[C@@H](CC(=O)Nc3ccc(-c4ccccc4)cc3)O[C@@H]2CO)c1. The Morgan fingerprint density at radius 3 is 2.44 bits per heavy atom. The molecule has 10 heteroatoms. The Hall–Kier alpha value is -3.31. The molecule has 1 aliphatic rings. The molecule has 178 valence electrons. The molecule has 0 saturated heterocycles. The Labute approximate surface area is 198 Å². The molecule has 0 spiro atoms. The third-order valence-electron chi connectivity index (χ3n) is 5.37. The van der Waals surface area contributed by atoms with Gasteiger partial charge in [-0.2, -0.15) is 0 Å². The number of imidazole rings is 1. The zero-order chi connectivity index (χ0) is 24.1. The van der Waals surface area contributed by atoms with Gasteiger partial charge in [-0.15, -0.1) is 0 Å². The van der Waals surface area contributed by atoms with E-state index in [-0.39, 0.29) is 17.4 Å². The van der Waals surface area contributed by atoms with E-state index in [1.165, 1.54) is 17.1 Å². The number of nitrogens with zero attached hydrogens (tertiary/aromatic N) is 2. The number of ether oxygens (including phenoxy) is 1. The smallest absolute Gasteiger partial charge is 0.260 e. The third-order valence-corrected chi connectivity index (χ3v) is 6.72. The summed E-state index contributed by atoms with van der Waals surface area (Å²) in [6.45, 7) is -0.418. The van der Waals surface area contributed by atoms with Crippen LogP contribution in [0.25, 0.3) is 11.1 Å². The van der Waals surface area contributed by atoms with Gasteiger partial charge in [-0.3, -0.25) is 4.79 Å². The van der Waals surface area contributed by atoms with E-state index < -0.39 is 34.9 Å². The average Bonchev–Trinajstić information content (AvgIpc) is 3.28. The Kier molecular flexibility index (Phi) is 7.23. The lowest BCUT2D eigenvalue weighted by molar-refractivity contribution is -0.120. The highest BCUT2D eigenvalue weighted by molar-refractivity contribution is 7.89. The lowest BCUT2D eigenvalue weighted by atomic mass is 10.0. The lowest BCUT2D eigenvalue weighted by Gasteiger charge is -2.31. The van der Waals surface area contributed by atoms with E-state index in [0.29, 0.717) is 5.69 Å². The van der Waals surface area contributed by atoms with Crippen LogP contribution in [0.3, 0.4) is 0 Å². The first-order valence-corrected chi connectivity index (χ1v) is 12.2. The molecular formula is C24H26N4O5S. The molecule has 0 fully saturated rings. The number of hydrogen-bond donors (Lipinski definition) is 3. The van der Waals surface area contributed by atoms with Crippen LogP contribution in [-0.2, 0) is 26.6 Å². The molecule has 9 nitrogen and oxygen atoms in total. The number of hydrogen-bond acceptors (Lipinski definition) is 6. The normalized spacial score (nSPS) is 20.2. The Bertz CT molecular complexity index is 1260. The monoisotopic (exact) mass is 482 g/mol. The Morgan fingerprint density at radius 1 is 1.09 bits per heavy atom. The van der Waals surface area contributed by atoms with Crippen molar-refractivity contribution >= 4 is 21.6 Å². The maximum Gasteiger partial charge on any atom is 0.260 e. The second-order valence-electron chi connectivity index (χ2n) is 8.00. The minimum absolute atomic E-state index is 0.0210. The molecular weight excluding hydrogens is 456 g/mol. The molecule has 2 aromatic carbocycles. The second-order valence-corrected chi connectivity index (χ2v) is 9.66. The number of benzene rings is 2. The summed E-state index contributed by atoms with van der Waals surface area (Å²) in [5, 5.41) is 12.4. The fourth-order valence-electron chi connectivity index (χ4n) is 3.65. The van der Waals surface area contributed by atoms with Crippen LogP contribution in [0.2, 0.25) is 0 Å². The molecule has 1 aromatic heterocycles. The largest absolute Gasteiger partial charge is 0.394 e. The number of sulfonamides is 1.